The second-order valence-electron chi connectivity index (χ2n) is 5.17. The minimum Gasteiger partial charge on any atom is -0.345 e. The molecule has 110 valence electrons. The maximum absolute atomic E-state index is 12.3. The quantitative estimate of drug-likeness (QED) is 0.870. The van der Waals surface area contributed by atoms with Crippen LogP contribution in [0.2, 0.25) is 0 Å². The van der Waals surface area contributed by atoms with E-state index < -0.39 is 0 Å². The molecule has 1 aromatic heterocycles. The molecular weight excluding hydrogens is 282 g/mol. The Labute approximate surface area is 129 Å². The number of thiazole rings is 1. The van der Waals surface area contributed by atoms with Crippen molar-refractivity contribution in [2.24, 2.45) is 0 Å². The predicted molar refractivity (Wildman–Crippen MR) is 85.7 cm³/mol. The highest BCUT2D eigenvalue weighted by atomic mass is 32.1. The van der Waals surface area contributed by atoms with Crippen LogP contribution in [-0.2, 0) is 11.2 Å². The van der Waals surface area contributed by atoms with Crippen molar-refractivity contribution in [2.45, 2.75) is 12.8 Å². The predicted octanol–water partition coefficient (Wildman–Crippen LogP) is 2.42. The SMILES string of the molecule is O=C(CCc1ccccc1)N1CCN(c2nccs2)CC1. The number of amides is 1. The van der Waals surface area contributed by atoms with Gasteiger partial charge in [-0.25, -0.2) is 4.98 Å². The van der Waals surface area contributed by atoms with Crippen molar-refractivity contribution in [3.63, 3.8) is 0 Å². The molecule has 1 aliphatic heterocycles. The first-order valence-electron chi connectivity index (χ1n) is 7.29. The first kappa shape index (κ1) is 14.1. The Kier molecular flexibility index (Phi) is 4.50. The molecule has 0 unspecified atom stereocenters. The van der Waals surface area contributed by atoms with Gasteiger partial charge in [-0.3, -0.25) is 4.79 Å². The van der Waals surface area contributed by atoms with Gasteiger partial charge in [0.1, 0.15) is 0 Å². The zero-order chi connectivity index (χ0) is 14.5. The highest BCUT2D eigenvalue weighted by Crippen LogP contribution is 2.19. The average molecular weight is 301 g/mol. The fraction of sp³-hybridized carbons (Fsp3) is 0.375. The third-order valence-electron chi connectivity index (χ3n) is 3.79. The van der Waals surface area contributed by atoms with Gasteiger partial charge in [0, 0.05) is 44.2 Å². The summed E-state index contributed by atoms with van der Waals surface area (Å²) in [5, 5.41) is 3.05. The Morgan fingerprint density at radius 3 is 2.57 bits per heavy atom. The van der Waals surface area contributed by atoms with Crippen LogP contribution in [0.5, 0.6) is 0 Å². The number of carbonyl (C=O) groups is 1. The van der Waals surface area contributed by atoms with E-state index in [1.807, 2.05) is 34.7 Å². The minimum absolute atomic E-state index is 0.262. The monoisotopic (exact) mass is 301 g/mol. The van der Waals surface area contributed by atoms with E-state index in [0.717, 1.165) is 37.7 Å². The van der Waals surface area contributed by atoms with E-state index in [2.05, 4.69) is 22.0 Å². The third kappa shape index (κ3) is 3.61. The average Bonchev–Trinajstić information content (AvgIpc) is 3.08. The lowest BCUT2D eigenvalue weighted by Crippen LogP contribution is -2.48. The number of rotatable bonds is 4. The van der Waals surface area contributed by atoms with Gasteiger partial charge in [-0.1, -0.05) is 30.3 Å². The first-order valence-corrected chi connectivity index (χ1v) is 8.17. The molecule has 1 fully saturated rings. The molecule has 4 nitrogen and oxygen atoms in total. The van der Waals surface area contributed by atoms with Crippen LogP contribution in [0.3, 0.4) is 0 Å². The third-order valence-corrected chi connectivity index (χ3v) is 4.62. The van der Waals surface area contributed by atoms with Crippen LogP contribution in [0.1, 0.15) is 12.0 Å². The summed E-state index contributed by atoms with van der Waals surface area (Å²) in [5.41, 5.74) is 1.23. The topological polar surface area (TPSA) is 36.4 Å². The second-order valence-corrected chi connectivity index (χ2v) is 6.04. The van der Waals surface area contributed by atoms with Crippen LogP contribution < -0.4 is 4.90 Å². The van der Waals surface area contributed by atoms with E-state index in [-0.39, 0.29) is 5.91 Å². The molecule has 0 spiro atoms. The van der Waals surface area contributed by atoms with Gasteiger partial charge in [0.05, 0.1) is 0 Å². The van der Waals surface area contributed by atoms with Crippen LogP contribution in [0.15, 0.2) is 41.9 Å². The van der Waals surface area contributed by atoms with Crippen LogP contribution >= 0.6 is 11.3 Å². The number of carbonyl (C=O) groups excluding carboxylic acids is 1. The fourth-order valence-corrected chi connectivity index (χ4v) is 3.27. The number of hydrogen-bond donors (Lipinski definition) is 0. The number of piperazine rings is 1. The molecule has 3 rings (SSSR count). The van der Waals surface area contributed by atoms with E-state index in [4.69, 9.17) is 0 Å². The van der Waals surface area contributed by atoms with Crippen LogP contribution in [0.25, 0.3) is 0 Å². The van der Waals surface area contributed by atoms with E-state index in [1.54, 1.807) is 11.3 Å². The van der Waals surface area contributed by atoms with E-state index in [1.165, 1.54) is 5.56 Å². The first-order chi connectivity index (χ1) is 10.3. The molecule has 0 N–H and O–H groups in total. The number of hydrogen-bond acceptors (Lipinski definition) is 4. The molecular formula is C16H19N3OS. The molecule has 21 heavy (non-hydrogen) atoms. The van der Waals surface area contributed by atoms with E-state index in [9.17, 15) is 4.79 Å². The Bertz CT molecular complexity index is 562. The summed E-state index contributed by atoms with van der Waals surface area (Å²) < 4.78 is 0. The molecule has 0 radical (unpaired) electrons. The molecule has 1 saturated heterocycles. The van der Waals surface area contributed by atoms with Crippen molar-refractivity contribution in [1.29, 1.82) is 0 Å². The van der Waals surface area contributed by atoms with Gasteiger partial charge in [-0.2, -0.15) is 0 Å². The Hall–Kier alpha value is -1.88. The van der Waals surface area contributed by atoms with E-state index >= 15 is 0 Å². The van der Waals surface area contributed by atoms with Gasteiger partial charge in [-0.05, 0) is 12.0 Å². The summed E-state index contributed by atoms with van der Waals surface area (Å²) >= 11 is 1.66. The van der Waals surface area contributed by atoms with Crippen molar-refractivity contribution < 1.29 is 4.79 Å². The van der Waals surface area contributed by atoms with E-state index in [0.29, 0.717) is 6.42 Å². The van der Waals surface area contributed by atoms with Crippen molar-refractivity contribution in [3.8, 4) is 0 Å². The lowest BCUT2D eigenvalue weighted by Gasteiger charge is -2.34. The molecule has 2 heterocycles. The summed E-state index contributed by atoms with van der Waals surface area (Å²) in [6.45, 7) is 3.36. The largest absolute Gasteiger partial charge is 0.345 e. The Morgan fingerprint density at radius 2 is 1.90 bits per heavy atom. The van der Waals surface area contributed by atoms with Crippen LogP contribution in [-0.4, -0.2) is 42.0 Å². The molecule has 1 amide bonds. The molecule has 0 aliphatic carbocycles. The summed E-state index contributed by atoms with van der Waals surface area (Å²) in [6, 6.07) is 10.2. The van der Waals surface area contributed by atoms with Crippen molar-refractivity contribution in [1.82, 2.24) is 9.88 Å². The van der Waals surface area contributed by atoms with Crippen molar-refractivity contribution in [3.05, 3.63) is 47.5 Å². The zero-order valence-electron chi connectivity index (χ0n) is 11.9. The van der Waals surface area contributed by atoms with Gasteiger partial charge in [0.25, 0.3) is 0 Å². The molecule has 0 saturated carbocycles. The number of aromatic nitrogens is 1. The zero-order valence-corrected chi connectivity index (χ0v) is 12.8. The standard InChI is InChI=1S/C16H19N3OS/c20-15(7-6-14-4-2-1-3-5-14)18-9-11-19(12-10-18)16-17-8-13-21-16/h1-5,8,13H,6-7,9-12H2. The van der Waals surface area contributed by atoms with Gasteiger partial charge in [0.2, 0.25) is 5.91 Å². The molecule has 5 heteroatoms. The minimum atomic E-state index is 0.262. The van der Waals surface area contributed by atoms with Gasteiger partial charge in [0.15, 0.2) is 5.13 Å². The van der Waals surface area contributed by atoms with Crippen molar-refractivity contribution >= 4 is 22.4 Å². The van der Waals surface area contributed by atoms with Crippen LogP contribution in [0.4, 0.5) is 5.13 Å². The summed E-state index contributed by atoms with van der Waals surface area (Å²) in [7, 11) is 0. The maximum atomic E-state index is 12.3. The normalized spacial score (nSPS) is 15.2. The number of benzene rings is 1. The van der Waals surface area contributed by atoms with Gasteiger partial charge in [-0.15, -0.1) is 11.3 Å². The second kappa shape index (κ2) is 6.72. The Balaban J connectivity index is 1.47. The lowest BCUT2D eigenvalue weighted by atomic mass is 10.1. The number of nitrogens with zero attached hydrogens (tertiary/aromatic N) is 3. The Morgan fingerprint density at radius 1 is 1.14 bits per heavy atom. The van der Waals surface area contributed by atoms with Gasteiger partial charge < -0.3 is 9.80 Å². The molecule has 0 atom stereocenters. The highest BCUT2D eigenvalue weighted by Gasteiger charge is 2.21. The summed E-state index contributed by atoms with van der Waals surface area (Å²) in [6.07, 6.45) is 3.25. The fourth-order valence-electron chi connectivity index (χ4n) is 2.57. The van der Waals surface area contributed by atoms with Crippen molar-refractivity contribution in [2.75, 3.05) is 31.1 Å². The highest BCUT2D eigenvalue weighted by molar-refractivity contribution is 7.13. The number of anilines is 1. The maximum Gasteiger partial charge on any atom is 0.223 e. The summed E-state index contributed by atoms with van der Waals surface area (Å²) in [5.74, 6) is 0.262. The number of aryl methyl sites for hydroxylation is 1. The summed E-state index contributed by atoms with van der Waals surface area (Å²) in [4.78, 5) is 20.8. The van der Waals surface area contributed by atoms with Crippen LogP contribution in [0, 0.1) is 0 Å². The molecule has 1 aromatic carbocycles. The smallest absolute Gasteiger partial charge is 0.223 e. The molecule has 1 aliphatic rings. The lowest BCUT2D eigenvalue weighted by molar-refractivity contribution is -0.131. The molecule has 0 bridgehead atoms. The van der Waals surface area contributed by atoms with Gasteiger partial charge >= 0.3 is 0 Å². The molecule has 2 aromatic rings.